The normalized spacial score (nSPS) is 16.6. The highest BCUT2D eigenvalue weighted by Gasteiger charge is 2.16. The van der Waals surface area contributed by atoms with E-state index in [4.69, 9.17) is 5.73 Å². The Balaban J connectivity index is 1.94. The van der Waals surface area contributed by atoms with E-state index in [9.17, 15) is 0 Å². The van der Waals surface area contributed by atoms with Crippen molar-refractivity contribution in [2.45, 2.75) is 31.8 Å². The number of rotatable bonds is 3. The molecule has 0 saturated heterocycles. The fourth-order valence-electron chi connectivity index (χ4n) is 1.59. The Hall–Kier alpha value is -0.540. The third kappa shape index (κ3) is 2.28. The Bertz CT molecular complexity index is 321. The van der Waals surface area contributed by atoms with Gasteiger partial charge in [0.05, 0.1) is 0 Å². The summed E-state index contributed by atoms with van der Waals surface area (Å²) in [4.78, 5) is 0. The van der Waals surface area contributed by atoms with Crippen LogP contribution in [0.2, 0.25) is 0 Å². The molecule has 0 aromatic heterocycles. The van der Waals surface area contributed by atoms with Crippen molar-refractivity contribution in [3.63, 3.8) is 0 Å². The summed E-state index contributed by atoms with van der Waals surface area (Å²) in [7, 11) is 0. The molecule has 0 aliphatic heterocycles. The van der Waals surface area contributed by atoms with Gasteiger partial charge in [-0.3, -0.25) is 0 Å². The molecule has 0 atom stereocenters. The Morgan fingerprint density at radius 3 is 2.79 bits per heavy atom. The van der Waals surface area contributed by atoms with Crippen molar-refractivity contribution < 1.29 is 0 Å². The summed E-state index contributed by atoms with van der Waals surface area (Å²) >= 11 is 3.40. The molecule has 1 saturated carbocycles. The van der Waals surface area contributed by atoms with Crippen molar-refractivity contribution in [2.24, 2.45) is 0 Å². The molecule has 3 N–H and O–H groups in total. The number of halogens is 1. The SMILES string of the molecule is Nc1cc(Br)ccc1CNC1CCC1. The third-order valence-corrected chi connectivity index (χ3v) is 3.29. The van der Waals surface area contributed by atoms with Crippen LogP contribution in [0.4, 0.5) is 5.69 Å². The predicted molar refractivity (Wildman–Crippen MR) is 63.0 cm³/mol. The first-order valence-electron chi connectivity index (χ1n) is 5.03. The smallest absolute Gasteiger partial charge is 0.0370 e. The molecule has 0 spiro atoms. The number of nitrogens with two attached hydrogens (primary N) is 1. The lowest BCUT2D eigenvalue weighted by Gasteiger charge is -2.26. The minimum atomic E-state index is 0.720. The maximum absolute atomic E-state index is 5.90. The van der Waals surface area contributed by atoms with E-state index in [2.05, 4.69) is 27.3 Å². The molecular formula is C11H15BrN2. The number of hydrogen-bond donors (Lipinski definition) is 2. The summed E-state index contributed by atoms with van der Waals surface area (Å²) in [5, 5.41) is 3.50. The van der Waals surface area contributed by atoms with E-state index < -0.39 is 0 Å². The second-order valence-corrected chi connectivity index (χ2v) is 4.77. The van der Waals surface area contributed by atoms with E-state index in [0.717, 1.165) is 22.7 Å². The van der Waals surface area contributed by atoms with E-state index in [1.807, 2.05) is 12.1 Å². The van der Waals surface area contributed by atoms with Crippen molar-refractivity contribution in [3.05, 3.63) is 28.2 Å². The topological polar surface area (TPSA) is 38.0 Å². The van der Waals surface area contributed by atoms with E-state index >= 15 is 0 Å². The van der Waals surface area contributed by atoms with Crippen LogP contribution in [0.3, 0.4) is 0 Å². The predicted octanol–water partition coefficient (Wildman–Crippen LogP) is 2.67. The van der Waals surface area contributed by atoms with Crippen molar-refractivity contribution in [3.8, 4) is 0 Å². The van der Waals surface area contributed by atoms with Gasteiger partial charge in [-0.15, -0.1) is 0 Å². The molecular weight excluding hydrogens is 240 g/mol. The minimum absolute atomic E-state index is 0.720. The van der Waals surface area contributed by atoms with Crippen molar-refractivity contribution in [2.75, 3.05) is 5.73 Å². The number of anilines is 1. The lowest BCUT2D eigenvalue weighted by molar-refractivity contribution is 0.338. The Kier molecular flexibility index (Phi) is 3.08. The van der Waals surface area contributed by atoms with Crippen molar-refractivity contribution >= 4 is 21.6 Å². The Morgan fingerprint density at radius 1 is 1.43 bits per heavy atom. The molecule has 1 aromatic rings. The molecule has 0 amide bonds. The molecule has 1 aliphatic rings. The summed E-state index contributed by atoms with van der Waals surface area (Å²) in [6.07, 6.45) is 4.00. The standard InChI is InChI=1S/C11H15BrN2/c12-9-5-4-8(11(13)6-9)7-14-10-2-1-3-10/h4-6,10,14H,1-3,7,13H2. The highest BCUT2D eigenvalue weighted by atomic mass is 79.9. The zero-order chi connectivity index (χ0) is 9.97. The van der Waals surface area contributed by atoms with Crippen LogP contribution in [-0.2, 0) is 6.54 Å². The third-order valence-electron chi connectivity index (χ3n) is 2.79. The molecule has 2 nitrogen and oxygen atoms in total. The molecule has 0 radical (unpaired) electrons. The van der Waals surface area contributed by atoms with Gasteiger partial charge in [0.25, 0.3) is 0 Å². The van der Waals surface area contributed by atoms with Crippen LogP contribution in [0, 0.1) is 0 Å². The largest absolute Gasteiger partial charge is 0.398 e. The molecule has 1 fully saturated rings. The van der Waals surface area contributed by atoms with Gasteiger partial charge in [-0.25, -0.2) is 0 Å². The molecule has 76 valence electrons. The second kappa shape index (κ2) is 4.32. The van der Waals surface area contributed by atoms with Gasteiger partial charge in [0.2, 0.25) is 0 Å². The lowest BCUT2D eigenvalue weighted by atomic mass is 9.93. The first-order valence-corrected chi connectivity index (χ1v) is 5.82. The first kappa shape index (κ1) is 9.99. The summed E-state index contributed by atoms with van der Waals surface area (Å²) in [5.74, 6) is 0. The van der Waals surface area contributed by atoms with E-state index in [0.29, 0.717) is 0 Å². The van der Waals surface area contributed by atoms with Crippen LogP contribution in [0.25, 0.3) is 0 Å². The van der Waals surface area contributed by atoms with Gasteiger partial charge < -0.3 is 11.1 Å². The Morgan fingerprint density at radius 2 is 2.21 bits per heavy atom. The summed E-state index contributed by atoms with van der Waals surface area (Å²) in [6.45, 7) is 0.893. The number of benzene rings is 1. The maximum Gasteiger partial charge on any atom is 0.0370 e. The zero-order valence-electron chi connectivity index (χ0n) is 8.09. The molecule has 14 heavy (non-hydrogen) atoms. The van der Waals surface area contributed by atoms with E-state index in [1.54, 1.807) is 0 Å². The van der Waals surface area contributed by atoms with Crippen LogP contribution in [0.5, 0.6) is 0 Å². The Labute approximate surface area is 93.0 Å². The van der Waals surface area contributed by atoms with Gasteiger partial charge in [0, 0.05) is 22.7 Å². The highest BCUT2D eigenvalue weighted by molar-refractivity contribution is 9.10. The monoisotopic (exact) mass is 254 g/mol. The van der Waals surface area contributed by atoms with E-state index in [1.165, 1.54) is 24.8 Å². The van der Waals surface area contributed by atoms with Crippen LogP contribution in [0.1, 0.15) is 24.8 Å². The van der Waals surface area contributed by atoms with Gasteiger partial charge in [0.15, 0.2) is 0 Å². The van der Waals surface area contributed by atoms with Crippen molar-refractivity contribution in [1.29, 1.82) is 0 Å². The van der Waals surface area contributed by atoms with Crippen molar-refractivity contribution in [1.82, 2.24) is 5.32 Å². The van der Waals surface area contributed by atoms with Gasteiger partial charge in [-0.2, -0.15) is 0 Å². The molecule has 0 unspecified atom stereocenters. The lowest BCUT2D eigenvalue weighted by Crippen LogP contribution is -2.34. The minimum Gasteiger partial charge on any atom is -0.398 e. The van der Waals surface area contributed by atoms with E-state index in [-0.39, 0.29) is 0 Å². The fourth-order valence-corrected chi connectivity index (χ4v) is 1.97. The molecule has 1 aromatic carbocycles. The van der Waals surface area contributed by atoms with Crippen LogP contribution in [0.15, 0.2) is 22.7 Å². The second-order valence-electron chi connectivity index (χ2n) is 3.85. The van der Waals surface area contributed by atoms with Gasteiger partial charge >= 0.3 is 0 Å². The highest BCUT2D eigenvalue weighted by Crippen LogP contribution is 2.21. The average Bonchev–Trinajstić information content (AvgIpc) is 2.05. The van der Waals surface area contributed by atoms with Gasteiger partial charge in [0.1, 0.15) is 0 Å². The van der Waals surface area contributed by atoms with Crippen LogP contribution < -0.4 is 11.1 Å². The quantitative estimate of drug-likeness (QED) is 0.815. The number of nitrogens with one attached hydrogen (secondary N) is 1. The van der Waals surface area contributed by atoms with Crippen LogP contribution >= 0.6 is 15.9 Å². The number of hydrogen-bond acceptors (Lipinski definition) is 2. The summed E-state index contributed by atoms with van der Waals surface area (Å²) < 4.78 is 1.04. The summed E-state index contributed by atoms with van der Waals surface area (Å²) in [5.41, 5.74) is 7.96. The molecule has 1 aliphatic carbocycles. The van der Waals surface area contributed by atoms with Crippen LogP contribution in [-0.4, -0.2) is 6.04 Å². The molecule has 2 rings (SSSR count). The maximum atomic E-state index is 5.90. The zero-order valence-corrected chi connectivity index (χ0v) is 9.68. The molecule has 3 heteroatoms. The summed E-state index contributed by atoms with van der Waals surface area (Å²) in [6, 6.07) is 6.79. The van der Waals surface area contributed by atoms with Gasteiger partial charge in [-0.1, -0.05) is 28.4 Å². The van der Waals surface area contributed by atoms with Gasteiger partial charge in [-0.05, 0) is 30.5 Å². The first-order chi connectivity index (χ1) is 6.75. The average molecular weight is 255 g/mol. The number of nitrogen functional groups attached to an aromatic ring is 1. The fraction of sp³-hybridized carbons (Fsp3) is 0.455. The molecule has 0 bridgehead atoms. The molecule has 0 heterocycles.